The molecule has 2 heterocycles. The maximum Gasteiger partial charge on any atom is 0.193 e. The summed E-state index contributed by atoms with van der Waals surface area (Å²) in [7, 11) is 6.02. The zero-order valence-electron chi connectivity index (χ0n) is 16.9. The lowest BCUT2D eigenvalue weighted by Gasteiger charge is -2.34. The van der Waals surface area contributed by atoms with E-state index in [2.05, 4.69) is 88.3 Å². The lowest BCUT2D eigenvalue weighted by atomic mass is 9.99. The van der Waals surface area contributed by atoms with Crippen LogP contribution in [0, 0.1) is 0 Å². The SMILES string of the molecule is CN=C(NCC(C)N1CCc2ccccc2C1)N(C)Cc1cccn1C.I. The van der Waals surface area contributed by atoms with E-state index in [4.69, 9.17) is 0 Å². The van der Waals surface area contributed by atoms with E-state index >= 15 is 0 Å². The van der Waals surface area contributed by atoms with Gasteiger partial charge in [0.25, 0.3) is 0 Å². The number of hydrogen-bond donors (Lipinski definition) is 1. The van der Waals surface area contributed by atoms with Crippen LogP contribution in [0.25, 0.3) is 0 Å². The van der Waals surface area contributed by atoms with E-state index in [0.717, 1.165) is 38.6 Å². The summed E-state index contributed by atoms with van der Waals surface area (Å²) in [4.78, 5) is 9.18. The molecule has 3 rings (SSSR count). The minimum absolute atomic E-state index is 0. The van der Waals surface area contributed by atoms with Crippen LogP contribution in [0.1, 0.15) is 23.7 Å². The number of aliphatic imine (C=N–C) groups is 1. The lowest BCUT2D eigenvalue weighted by molar-refractivity contribution is 0.190. The third kappa shape index (κ3) is 5.48. The fourth-order valence-electron chi connectivity index (χ4n) is 3.63. The maximum absolute atomic E-state index is 4.45. The van der Waals surface area contributed by atoms with Gasteiger partial charge in [-0.1, -0.05) is 24.3 Å². The number of guanidine groups is 1. The third-order valence-electron chi connectivity index (χ3n) is 5.36. The van der Waals surface area contributed by atoms with E-state index in [9.17, 15) is 0 Å². The largest absolute Gasteiger partial charge is 0.355 e. The number of fused-ring (bicyclic) bond motifs is 1. The molecule has 27 heavy (non-hydrogen) atoms. The normalized spacial score (nSPS) is 15.6. The molecule has 1 aliphatic heterocycles. The Morgan fingerprint density at radius 3 is 2.63 bits per heavy atom. The third-order valence-corrected chi connectivity index (χ3v) is 5.36. The number of nitrogens with zero attached hydrogens (tertiary/aromatic N) is 4. The first-order chi connectivity index (χ1) is 12.6. The zero-order chi connectivity index (χ0) is 18.5. The Bertz CT molecular complexity index is 755. The summed E-state index contributed by atoms with van der Waals surface area (Å²) in [6.07, 6.45) is 3.22. The van der Waals surface area contributed by atoms with E-state index < -0.39 is 0 Å². The summed E-state index contributed by atoms with van der Waals surface area (Å²) in [5.74, 6) is 0.940. The molecule has 0 fully saturated rings. The number of rotatable bonds is 5. The van der Waals surface area contributed by atoms with Crippen LogP contribution in [0.4, 0.5) is 0 Å². The predicted octanol–water partition coefficient (Wildman–Crippen LogP) is 3.10. The average molecular weight is 481 g/mol. The molecule has 0 bridgehead atoms. The Kier molecular flexibility index (Phi) is 8.16. The van der Waals surface area contributed by atoms with Crippen LogP contribution >= 0.6 is 24.0 Å². The highest BCUT2D eigenvalue weighted by atomic mass is 127. The maximum atomic E-state index is 4.45. The molecule has 1 N–H and O–H groups in total. The second-order valence-corrected chi connectivity index (χ2v) is 7.23. The van der Waals surface area contributed by atoms with Gasteiger partial charge in [0.1, 0.15) is 0 Å². The van der Waals surface area contributed by atoms with Crippen molar-refractivity contribution in [3.63, 3.8) is 0 Å². The van der Waals surface area contributed by atoms with Crippen molar-refractivity contribution in [2.24, 2.45) is 12.0 Å². The van der Waals surface area contributed by atoms with Crippen molar-refractivity contribution >= 4 is 29.9 Å². The van der Waals surface area contributed by atoms with Gasteiger partial charge in [-0.05, 0) is 36.6 Å². The van der Waals surface area contributed by atoms with Crippen LogP contribution in [-0.2, 0) is 26.6 Å². The van der Waals surface area contributed by atoms with E-state index in [1.165, 1.54) is 16.8 Å². The number of halogens is 1. The highest BCUT2D eigenvalue weighted by molar-refractivity contribution is 14.0. The van der Waals surface area contributed by atoms with E-state index in [1.54, 1.807) is 0 Å². The van der Waals surface area contributed by atoms with Crippen molar-refractivity contribution in [2.75, 3.05) is 27.2 Å². The molecule has 5 nitrogen and oxygen atoms in total. The molecule has 148 valence electrons. The average Bonchev–Trinajstić information content (AvgIpc) is 3.06. The van der Waals surface area contributed by atoms with Crippen LogP contribution in [0.2, 0.25) is 0 Å². The summed E-state index contributed by atoms with van der Waals surface area (Å²) in [5.41, 5.74) is 4.24. The van der Waals surface area contributed by atoms with Gasteiger partial charge in [-0.3, -0.25) is 9.89 Å². The zero-order valence-corrected chi connectivity index (χ0v) is 19.2. The van der Waals surface area contributed by atoms with Gasteiger partial charge >= 0.3 is 0 Å². The smallest absolute Gasteiger partial charge is 0.193 e. The molecular weight excluding hydrogens is 449 g/mol. The van der Waals surface area contributed by atoms with E-state index in [-0.39, 0.29) is 24.0 Å². The van der Waals surface area contributed by atoms with Crippen molar-refractivity contribution in [1.29, 1.82) is 0 Å². The molecule has 0 radical (unpaired) electrons. The molecular formula is C21H32IN5. The van der Waals surface area contributed by atoms with Crippen molar-refractivity contribution in [3.05, 3.63) is 59.4 Å². The van der Waals surface area contributed by atoms with Crippen molar-refractivity contribution < 1.29 is 0 Å². The Balaban J connectivity index is 0.00000261. The molecule has 1 aromatic heterocycles. The summed E-state index contributed by atoms with van der Waals surface area (Å²) in [5, 5.41) is 3.55. The lowest BCUT2D eigenvalue weighted by Crippen LogP contribution is -2.47. The van der Waals surface area contributed by atoms with Gasteiger partial charge < -0.3 is 14.8 Å². The Labute approximate surface area is 180 Å². The van der Waals surface area contributed by atoms with Crippen molar-refractivity contribution in [1.82, 2.24) is 19.7 Å². The van der Waals surface area contributed by atoms with Gasteiger partial charge in [-0.15, -0.1) is 24.0 Å². The molecule has 1 atom stereocenters. The fourth-order valence-corrected chi connectivity index (χ4v) is 3.63. The second kappa shape index (κ2) is 10.1. The molecule has 0 aliphatic carbocycles. The molecule has 1 unspecified atom stereocenters. The fraction of sp³-hybridized carbons (Fsp3) is 0.476. The molecule has 0 spiro atoms. The van der Waals surface area contributed by atoms with Gasteiger partial charge in [-0.25, -0.2) is 0 Å². The van der Waals surface area contributed by atoms with Crippen molar-refractivity contribution in [3.8, 4) is 0 Å². The highest BCUT2D eigenvalue weighted by Crippen LogP contribution is 2.20. The number of hydrogen-bond acceptors (Lipinski definition) is 2. The monoisotopic (exact) mass is 481 g/mol. The molecule has 0 saturated heterocycles. The predicted molar refractivity (Wildman–Crippen MR) is 124 cm³/mol. The quantitative estimate of drug-likeness (QED) is 0.405. The van der Waals surface area contributed by atoms with Gasteiger partial charge in [0, 0.05) is 58.7 Å². The molecule has 1 aliphatic rings. The standard InChI is InChI=1S/C21H31N5.HI/c1-17(26-13-11-18-8-5-6-9-19(18)15-26)14-23-21(22-2)25(4)16-20-10-7-12-24(20)3;/h5-10,12,17H,11,13-16H2,1-4H3,(H,22,23);1H. The summed E-state index contributed by atoms with van der Waals surface area (Å²) < 4.78 is 2.15. The Hall–Kier alpha value is -1.54. The minimum atomic E-state index is 0. The number of benzene rings is 1. The van der Waals surface area contributed by atoms with Gasteiger partial charge in [0.15, 0.2) is 5.96 Å². The first-order valence-corrected chi connectivity index (χ1v) is 9.41. The van der Waals surface area contributed by atoms with E-state index in [1.807, 2.05) is 7.05 Å². The number of aromatic nitrogens is 1. The van der Waals surface area contributed by atoms with Gasteiger partial charge in [0.05, 0.1) is 6.54 Å². The van der Waals surface area contributed by atoms with Gasteiger partial charge in [-0.2, -0.15) is 0 Å². The molecule has 0 amide bonds. The van der Waals surface area contributed by atoms with Crippen LogP contribution < -0.4 is 5.32 Å². The summed E-state index contributed by atoms with van der Waals surface area (Å²) >= 11 is 0. The summed E-state index contributed by atoms with van der Waals surface area (Å²) in [6.45, 7) is 6.20. The first kappa shape index (κ1) is 21.8. The van der Waals surface area contributed by atoms with Crippen LogP contribution in [0.15, 0.2) is 47.6 Å². The molecule has 6 heteroatoms. The Morgan fingerprint density at radius 1 is 1.22 bits per heavy atom. The first-order valence-electron chi connectivity index (χ1n) is 9.41. The molecule has 2 aromatic rings. The summed E-state index contributed by atoms with van der Waals surface area (Å²) in [6, 6.07) is 13.5. The minimum Gasteiger partial charge on any atom is -0.355 e. The van der Waals surface area contributed by atoms with Crippen LogP contribution in [0.3, 0.4) is 0 Å². The Morgan fingerprint density at radius 2 is 1.96 bits per heavy atom. The number of nitrogens with one attached hydrogen (secondary N) is 1. The van der Waals surface area contributed by atoms with Gasteiger partial charge in [0.2, 0.25) is 0 Å². The topological polar surface area (TPSA) is 35.8 Å². The van der Waals surface area contributed by atoms with Crippen LogP contribution in [0.5, 0.6) is 0 Å². The second-order valence-electron chi connectivity index (χ2n) is 7.23. The molecule has 1 aromatic carbocycles. The highest BCUT2D eigenvalue weighted by Gasteiger charge is 2.20. The molecule has 0 saturated carbocycles. The number of aryl methyl sites for hydroxylation is 1. The van der Waals surface area contributed by atoms with E-state index in [0.29, 0.717) is 6.04 Å². The van der Waals surface area contributed by atoms with Crippen molar-refractivity contribution in [2.45, 2.75) is 32.5 Å². The van der Waals surface area contributed by atoms with Crippen LogP contribution in [-0.4, -0.2) is 53.6 Å².